The summed E-state index contributed by atoms with van der Waals surface area (Å²) in [5.41, 5.74) is 1.44. The van der Waals surface area contributed by atoms with E-state index in [1.54, 1.807) is 31.3 Å². The number of para-hydroxylation sites is 2. The minimum absolute atomic E-state index is 0.0944. The second-order valence-electron chi connectivity index (χ2n) is 6.36. The van der Waals surface area contributed by atoms with Crippen molar-refractivity contribution in [3.05, 3.63) is 63.2 Å². The lowest BCUT2D eigenvalue weighted by molar-refractivity contribution is -0.383. The second-order valence-corrected chi connectivity index (χ2v) is 7.96. The number of hydrogen-bond acceptors (Lipinski definition) is 6. The number of carbonyl (C=O) groups excluding carboxylic acids is 2. The molecule has 1 saturated heterocycles. The van der Waals surface area contributed by atoms with Gasteiger partial charge >= 0.3 is 0 Å². The van der Waals surface area contributed by atoms with Crippen LogP contribution >= 0.6 is 23.4 Å². The summed E-state index contributed by atoms with van der Waals surface area (Å²) in [6.45, 7) is 1.87. The molecule has 3 rings (SSSR count). The monoisotopic (exact) mass is 432 g/mol. The summed E-state index contributed by atoms with van der Waals surface area (Å²) in [4.78, 5) is 41.3. The van der Waals surface area contributed by atoms with Gasteiger partial charge in [0.1, 0.15) is 10.9 Å². The molecular weight excluding hydrogens is 416 g/mol. The third kappa shape index (κ3) is 4.75. The SMILES string of the molecule is Cc1cc(Cl)ccc1N=C1S[C@@H](CC(=O)Nc2ccccc2[N+](=O)[O-])C(=O)N1C. The lowest BCUT2D eigenvalue weighted by atomic mass is 10.2. The molecule has 2 aromatic rings. The summed E-state index contributed by atoms with van der Waals surface area (Å²) >= 11 is 7.14. The van der Waals surface area contributed by atoms with Crippen LogP contribution in [0.1, 0.15) is 12.0 Å². The number of anilines is 1. The molecule has 29 heavy (non-hydrogen) atoms. The molecule has 1 aliphatic rings. The Labute approximate surface area is 176 Å². The van der Waals surface area contributed by atoms with Crippen molar-refractivity contribution in [3.63, 3.8) is 0 Å². The van der Waals surface area contributed by atoms with Crippen LogP contribution in [0.3, 0.4) is 0 Å². The van der Waals surface area contributed by atoms with Crippen LogP contribution in [-0.4, -0.2) is 39.1 Å². The second kappa shape index (κ2) is 8.62. The first-order valence-corrected chi connectivity index (χ1v) is 9.84. The maximum absolute atomic E-state index is 12.5. The number of amides is 2. The molecule has 0 unspecified atom stereocenters. The summed E-state index contributed by atoms with van der Waals surface area (Å²) < 4.78 is 0. The lowest BCUT2D eigenvalue weighted by Gasteiger charge is -2.10. The largest absolute Gasteiger partial charge is 0.320 e. The van der Waals surface area contributed by atoms with Gasteiger partial charge in [0.25, 0.3) is 5.69 Å². The summed E-state index contributed by atoms with van der Waals surface area (Å²) in [6.07, 6.45) is -0.126. The maximum Gasteiger partial charge on any atom is 0.292 e. The first kappa shape index (κ1) is 20.8. The number of benzene rings is 2. The Morgan fingerprint density at radius 3 is 2.76 bits per heavy atom. The van der Waals surface area contributed by atoms with E-state index in [4.69, 9.17) is 11.6 Å². The number of carbonyl (C=O) groups is 2. The zero-order valence-electron chi connectivity index (χ0n) is 15.6. The van der Waals surface area contributed by atoms with Gasteiger partial charge in [0.05, 0.1) is 10.6 Å². The van der Waals surface area contributed by atoms with E-state index in [2.05, 4.69) is 10.3 Å². The first-order chi connectivity index (χ1) is 13.8. The molecule has 0 bridgehead atoms. The average Bonchev–Trinajstić information content (AvgIpc) is 2.92. The van der Waals surface area contributed by atoms with E-state index >= 15 is 0 Å². The van der Waals surface area contributed by atoms with E-state index in [-0.39, 0.29) is 23.7 Å². The summed E-state index contributed by atoms with van der Waals surface area (Å²) in [5, 5.41) is 14.0. The van der Waals surface area contributed by atoms with Crippen molar-refractivity contribution in [2.24, 2.45) is 4.99 Å². The van der Waals surface area contributed by atoms with E-state index < -0.39 is 16.1 Å². The smallest absolute Gasteiger partial charge is 0.292 e. The van der Waals surface area contributed by atoms with Crippen molar-refractivity contribution in [2.45, 2.75) is 18.6 Å². The standard InChI is InChI=1S/C19H17ClN4O4S/c1-11-9-12(20)7-8-13(11)22-19-23(2)18(26)16(29-19)10-17(25)21-14-5-3-4-6-15(14)24(27)28/h3-9,16H,10H2,1-2H3,(H,21,25)/t16-/m0/s1. The fourth-order valence-electron chi connectivity index (χ4n) is 2.75. The molecule has 2 aromatic carbocycles. The number of nitrogens with zero attached hydrogens (tertiary/aromatic N) is 3. The molecule has 1 aliphatic heterocycles. The Morgan fingerprint density at radius 2 is 2.07 bits per heavy atom. The predicted molar refractivity (Wildman–Crippen MR) is 114 cm³/mol. The molecule has 1 heterocycles. The van der Waals surface area contributed by atoms with E-state index in [9.17, 15) is 19.7 Å². The van der Waals surface area contributed by atoms with Gasteiger partial charge < -0.3 is 5.32 Å². The van der Waals surface area contributed by atoms with Crippen LogP contribution in [0.5, 0.6) is 0 Å². The minimum atomic E-state index is -0.658. The molecule has 10 heteroatoms. The van der Waals surface area contributed by atoms with Crippen LogP contribution in [-0.2, 0) is 9.59 Å². The number of nitrogens with one attached hydrogen (secondary N) is 1. The molecule has 1 atom stereocenters. The molecule has 0 aliphatic carbocycles. The van der Waals surface area contributed by atoms with Gasteiger partial charge in [-0.25, -0.2) is 4.99 Å². The number of thioether (sulfide) groups is 1. The van der Waals surface area contributed by atoms with Crippen LogP contribution in [0.2, 0.25) is 5.02 Å². The van der Waals surface area contributed by atoms with Crippen LogP contribution < -0.4 is 5.32 Å². The van der Waals surface area contributed by atoms with Gasteiger partial charge in [-0.05, 0) is 36.8 Å². The third-order valence-corrected chi connectivity index (χ3v) is 5.73. The Hall–Kier alpha value is -2.91. The lowest BCUT2D eigenvalue weighted by Crippen LogP contribution is -2.30. The van der Waals surface area contributed by atoms with Gasteiger partial charge in [0, 0.05) is 24.6 Å². The van der Waals surface area contributed by atoms with Gasteiger partial charge in [-0.1, -0.05) is 35.5 Å². The minimum Gasteiger partial charge on any atom is -0.320 e. The first-order valence-electron chi connectivity index (χ1n) is 8.58. The van der Waals surface area contributed by atoms with Crippen molar-refractivity contribution in [3.8, 4) is 0 Å². The fraction of sp³-hybridized carbons (Fsp3) is 0.211. The van der Waals surface area contributed by atoms with Crippen LogP contribution in [0.4, 0.5) is 17.1 Å². The number of hydrogen-bond donors (Lipinski definition) is 1. The van der Waals surface area contributed by atoms with E-state index in [0.29, 0.717) is 15.9 Å². The normalized spacial score (nSPS) is 17.6. The Bertz CT molecular complexity index is 1030. The number of halogens is 1. The topological polar surface area (TPSA) is 105 Å². The molecule has 0 saturated carbocycles. The highest BCUT2D eigenvalue weighted by Gasteiger charge is 2.37. The van der Waals surface area contributed by atoms with Gasteiger partial charge in [-0.2, -0.15) is 0 Å². The average molecular weight is 433 g/mol. The van der Waals surface area contributed by atoms with Crippen LogP contribution in [0.15, 0.2) is 47.5 Å². The van der Waals surface area contributed by atoms with Gasteiger partial charge in [0.15, 0.2) is 5.17 Å². The molecular formula is C19H17ClN4O4S. The van der Waals surface area contributed by atoms with Crippen molar-refractivity contribution < 1.29 is 14.5 Å². The predicted octanol–water partition coefficient (Wildman–Crippen LogP) is 4.15. The highest BCUT2D eigenvalue weighted by molar-refractivity contribution is 8.15. The summed E-state index contributed by atoms with van der Waals surface area (Å²) in [6, 6.07) is 11.1. The van der Waals surface area contributed by atoms with E-state index in [1.165, 1.54) is 34.9 Å². The van der Waals surface area contributed by atoms with Crippen molar-refractivity contribution in [2.75, 3.05) is 12.4 Å². The number of nitro groups is 1. The zero-order valence-corrected chi connectivity index (χ0v) is 17.2. The molecule has 8 nitrogen and oxygen atoms in total. The molecule has 0 aromatic heterocycles. The fourth-order valence-corrected chi connectivity index (χ4v) is 4.13. The third-order valence-electron chi connectivity index (χ3n) is 4.26. The molecule has 0 radical (unpaired) electrons. The molecule has 0 spiro atoms. The molecule has 2 amide bonds. The van der Waals surface area contributed by atoms with Gasteiger partial charge in [0.2, 0.25) is 11.8 Å². The summed E-state index contributed by atoms with van der Waals surface area (Å²) in [7, 11) is 1.60. The highest BCUT2D eigenvalue weighted by Crippen LogP contribution is 2.32. The molecule has 150 valence electrons. The Balaban J connectivity index is 1.72. The molecule has 1 fully saturated rings. The van der Waals surface area contributed by atoms with E-state index in [0.717, 1.165) is 5.56 Å². The molecule has 1 N–H and O–H groups in total. The highest BCUT2D eigenvalue weighted by atomic mass is 35.5. The van der Waals surface area contributed by atoms with Crippen molar-refractivity contribution in [1.82, 2.24) is 4.90 Å². The Kier molecular flexibility index (Phi) is 6.19. The van der Waals surface area contributed by atoms with Crippen LogP contribution in [0, 0.1) is 17.0 Å². The number of amidine groups is 1. The quantitative estimate of drug-likeness (QED) is 0.564. The van der Waals surface area contributed by atoms with E-state index in [1.807, 2.05) is 6.92 Å². The zero-order chi connectivity index (χ0) is 21.1. The van der Waals surface area contributed by atoms with Crippen molar-refractivity contribution in [1.29, 1.82) is 0 Å². The number of nitro benzene ring substituents is 1. The van der Waals surface area contributed by atoms with Gasteiger partial charge in [-0.15, -0.1) is 0 Å². The number of aliphatic imine (C=N–C) groups is 1. The van der Waals surface area contributed by atoms with Crippen molar-refractivity contribution >= 4 is 57.4 Å². The number of aryl methyl sites for hydroxylation is 1. The maximum atomic E-state index is 12.5. The number of rotatable bonds is 5. The van der Waals surface area contributed by atoms with Gasteiger partial charge in [-0.3, -0.25) is 24.6 Å². The van der Waals surface area contributed by atoms with Crippen LogP contribution in [0.25, 0.3) is 0 Å². The summed E-state index contributed by atoms with van der Waals surface area (Å²) in [5.74, 6) is -0.736. The Morgan fingerprint density at radius 1 is 1.34 bits per heavy atom.